The fourth-order valence-electron chi connectivity index (χ4n) is 1.11. The van der Waals surface area contributed by atoms with Crippen LogP contribution in [-0.2, 0) is 11.8 Å². The van der Waals surface area contributed by atoms with Crippen molar-refractivity contribution in [2.75, 3.05) is 12.5 Å². The Kier molecular flexibility index (Phi) is 2.50. The molecule has 2 rings (SSSR count). The summed E-state index contributed by atoms with van der Waals surface area (Å²) >= 11 is 0. The van der Waals surface area contributed by atoms with E-state index in [2.05, 4.69) is 35.9 Å². The molecule has 0 aliphatic heterocycles. The minimum Gasteiger partial charge on any atom is -0.452 e. The van der Waals surface area contributed by atoms with Gasteiger partial charge in [0.2, 0.25) is 0 Å². The summed E-state index contributed by atoms with van der Waals surface area (Å²) in [6.07, 6.45) is 0.711. The van der Waals surface area contributed by atoms with Crippen LogP contribution < -0.4 is 10.9 Å². The van der Waals surface area contributed by atoms with Crippen molar-refractivity contribution in [1.82, 2.24) is 30.4 Å². The molecule has 0 saturated carbocycles. The standard InChI is InChI=1S/C7H9N7O2/c1-14-6-4(10-13-14)5(8-3-9-6)11-12-7(15)16-2/h3H,1-2H3,(H,12,15)(H,8,9,11). The molecule has 2 aromatic heterocycles. The summed E-state index contributed by atoms with van der Waals surface area (Å²) in [7, 11) is 2.97. The highest BCUT2D eigenvalue weighted by Crippen LogP contribution is 2.13. The maximum Gasteiger partial charge on any atom is 0.425 e. The second-order valence-corrected chi connectivity index (χ2v) is 2.85. The molecule has 0 aliphatic carbocycles. The van der Waals surface area contributed by atoms with Gasteiger partial charge >= 0.3 is 6.09 Å². The summed E-state index contributed by atoms with van der Waals surface area (Å²) in [6, 6.07) is 0. The first-order chi connectivity index (χ1) is 7.72. The van der Waals surface area contributed by atoms with E-state index in [4.69, 9.17) is 0 Å². The van der Waals surface area contributed by atoms with E-state index in [0.717, 1.165) is 0 Å². The average Bonchev–Trinajstić information content (AvgIpc) is 2.69. The largest absolute Gasteiger partial charge is 0.452 e. The molecule has 2 N–H and O–H groups in total. The highest BCUT2D eigenvalue weighted by molar-refractivity contribution is 5.82. The molecular formula is C7H9N7O2. The number of aryl methyl sites for hydroxylation is 1. The molecule has 0 fully saturated rings. The van der Waals surface area contributed by atoms with Crippen LogP contribution in [0.3, 0.4) is 0 Å². The van der Waals surface area contributed by atoms with Gasteiger partial charge in [-0.25, -0.2) is 24.9 Å². The van der Waals surface area contributed by atoms with Crippen molar-refractivity contribution in [2.45, 2.75) is 0 Å². The van der Waals surface area contributed by atoms with Crippen molar-refractivity contribution in [3.8, 4) is 0 Å². The molecule has 0 aromatic carbocycles. The number of carbonyl (C=O) groups is 1. The fraction of sp³-hybridized carbons (Fsp3) is 0.286. The zero-order valence-corrected chi connectivity index (χ0v) is 8.63. The second-order valence-electron chi connectivity index (χ2n) is 2.85. The van der Waals surface area contributed by atoms with Crippen molar-refractivity contribution in [3.63, 3.8) is 0 Å². The van der Waals surface area contributed by atoms with Gasteiger partial charge in [0, 0.05) is 7.05 Å². The van der Waals surface area contributed by atoms with Crippen LogP contribution in [0.15, 0.2) is 6.33 Å². The zero-order valence-electron chi connectivity index (χ0n) is 8.63. The highest BCUT2D eigenvalue weighted by atomic mass is 16.5. The van der Waals surface area contributed by atoms with Gasteiger partial charge in [-0.2, -0.15) is 0 Å². The molecule has 9 nitrogen and oxygen atoms in total. The van der Waals surface area contributed by atoms with Crippen LogP contribution in [0.2, 0.25) is 0 Å². The lowest BCUT2D eigenvalue weighted by Crippen LogP contribution is -2.29. The van der Waals surface area contributed by atoms with Gasteiger partial charge in [0.15, 0.2) is 17.0 Å². The number of nitrogens with zero attached hydrogens (tertiary/aromatic N) is 5. The maximum atomic E-state index is 10.8. The van der Waals surface area contributed by atoms with Crippen LogP contribution in [0, 0.1) is 0 Å². The molecule has 84 valence electrons. The van der Waals surface area contributed by atoms with Gasteiger partial charge in [0.25, 0.3) is 0 Å². The van der Waals surface area contributed by atoms with Crippen molar-refractivity contribution >= 4 is 23.1 Å². The van der Waals surface area contributed by atoms with Crippen LogP contribution in [-0.4, -0.2) is 38.2 Å². The summed E-state index contributed by atoms with van der Waals surface area (Å²) in [5.41, 5.74) is 5.85. The number of rotatable bonds is 2. The maximum absolute atomic E-state index is 10.8. The van der Waals surface area contributed by atoms with Crippen LogP contribution in [0.4, 0.5) is 10.6 Å². The van der Waals surface area contributed by atoms with Crippen LogP contribution in [0.5, 0.6) is 0 Å². The van der Waals surface area contributed by atoms with E-state index in [9.17, 15) is 4.79 Å². The van der Waals surface area contributed by atoms with E-state index >= 15 is 0 Å². The summed E-state index contributed by atoms with van der Waals surface area (Å²) in [5, 5.41) is 7.64. The number of amides is 1. The molecule has 0 atom stereocenters. The Balaban J connectivity index is 2.27. The number of carbonyl (C=O) groups excluding carboxylic acids is 1. The second kappa shape index (κ2) is 3.96. The van der Waals surface area contributed by atoms with Gasteiger partial charge in [-0.1, -0.05) is 5.21 Å². The Morgan fingerprint density at radius 1 is 1.50 bits per heavy atom. The number of hydrogen-bond acceptors (Lipinski definition) is 7. The van der Waals surface area contributed by atoms with E-state index in [1.165, 1.54) is 18.1 Å². The lowest BCUT2D eigenvalue weighted by molar-refractivity contribution is 0.173. The molecule has 0 spiro atoms. The molecule has 16 heavy (non-hydrogen) atoms. The van der Waals surface area contributed by atoms with E-state index in [0.29, 0.717) is 17.0 Å². The Morgan fingerprint density at radius 2 is 2.31 bits per heavy atom. The number of aromatic nitrogens is 5. The molecule has 0 bridgehead atoms. The molecule has 2 aromatic rings. The van der Waals surface area contributed by atoms with Crippen molar-refractivity contribution in [3.05, 3.63) is 6.33 Å². The topological polar surface area (TPSA) is 107 Å². The normalized spacial score (nSPS) is 10.1. The molecule has 0 radical (unpaired) electrons. The Morgan fingerprint density at radius 3 is 3.06 bits per heavy atom. The predicted molar refractivity (Wildman–Crippen MR) is 53.3 cm³/mol. The third-order valence-corrected chi connectivity index (χ3v) is 1.86. The summed E-state index contributed by atoms with van der Waals surface area (Å²) in [4.78, 5) is 18.8. The number of hydrazine groups is 1. The minimum atomic E-state index is -0.629. The van der Waals surface area contributed by atoms with Gasteiger partial charge in [0.05, 0.1) is 7.11 Å². The van der Waals surface area contributed by atoms with Gasteiger partial charge in [-0.3, -0.25) is 5.43 Å². The quantitative estimate of drug-likeness (QED) is 0.657. The van der Waals surface area contributed by atoms with E-state index in [-0.39, 0.29) is 0 Å². The van der Waals surface area contributed by atoms with Crippen molar-refractivity contribution < 1.29 is 9.53 Å². The molecule has 0 aliphatic rings. The number of methoxy groups -OCH3 is 1. The number of hydrogen-bond donors (Lipinski definition) is 2. The van der Waals surface area contributed by atoms with Crippen LogP contribution in [0.1, 0.15) is 0 Å². The summed E-state index contributed by atoms with van der Waals surface area (Å²) in [6.45, 7) is 0. The predicted octanol–water partition coefficient (Wildman–Crippen LogP) is -0.559. The van der Waals surface area contributed by atoms with E-state index in [1.54, 1.807) is 7.05 Å². The van der Waals surface area contributed by atoms with Gasteiger partial charge in [-0.05, 0) is 0 Å². The fourth-order valence-corrected chi connectivity index (χ4v) is 1.11. The molecule has 1 amide bonds. The lowest BCUT2D eigenvalue weighted by Gasteiger charge is -2.05. The first-order valence-electron chi connectivity index (χ1n) is 4.32. The zero-order chi connectivity index (χ0) is 11.5. The number of ether oxygens (including phenoxy) is 1. The van der Waals surface area contributed by atoms with E-state index < -0.39 is 6.09 Å². The smallest absolute Gasteiger partial charge is 0.425 e. The molecular weight excluding hydrogens is 214 g/mol. The first-order valence-corrected chi connectivity index (χ1v) is 4.32. The van der Waals surface area contributed by atoms with Crippen LogP contribution in [0.25, 0.3) is 11.2 Å². The number of anilines is 1. The molecule has 9 heteroatoms. The minimum absolute atomic E-state index is 0.350. The van der Waals surface area contributed by atoms with Gasteiger partial charge < -0.3 is 4.74 Å². The first kappa shape index (κ1) is 10.1. The SMILES string of the molecule is COC(=O)NNc1ncnc2c1nnn2C. The van der Waals surface area contributed by atoms with Crippen molar-refractivity contribution in [1.29, 1.82) is 0 Å². The third kappa shape index (κ3) is 1.69. The van der Waals surface area contributed by atoms with Gasteiger partial charge in [0.1, 0.15) is 6.33 Å². The summed E-state index contributed by atoms with van der Waals surface area (Å²) in [5.74, 6) is 0.350. The average molecular weight is 223 g/mol. The monoisotopic (exact) mass is 223 g/mol. The number of fused-ring (bicyclic) bond motifs is 1. The Bertz CT molecular complexity index is 522. The van der Waals surface area contributed by atoms with Crippen LogP contribution >= 0.6 is 0 Å². The molecule has 0 saturated heterocycles. The lowest BCUT2D eigenvalue weighted by atomic mass is 10.5. The van der Waals surface area contributed by atoms with Crippen molar-refractivity contribution in [2.24, 2.45) is 7.05 Å². The summed E-state index contributed by atoms with van der Waals surface area (Å²) < 4.78 is 5.89. The number of nitrogens with one attached hydrogen (secondary N) is 2. The van der Waals surface area contributed by atoms with E-state index in [1.807, 2.05) is 0 Å². The molecule has 0 unspecified atom stereocenters. The Hall–Kier alpha value is -2.45. The third-order valence-electron chi connectivity index (χ3n) is 1.86. The Labute approximate surface area is 89.8 Å². The van der Waals surface area contributed by atoms with Gasteiger partial charge in [-0.15, -0.1) is 5.10 Å². The highest BCUT2D eigenvalue weighted by Gasteiger charge is 2.09. The molecule has 2 heterocycles.